The van der Waals surface area contributed by atoms with Gasteiger partial charge in [0.25, 0.3) is 0 Å². The lowest BCUT2D eigenvalue weighted by Gasteiger charge is -2.15. The van der Waals surface area contributed by atoms with Gasteiger partial charge in [0.05, 0.1) is 20.2 Å². The summed E-state index contributed by atoms with van der Waals surface area (Å²) >= 11 is 0. The average Bonchev–Trinajstić information content (AvgIpc) is 2.72. The highest BCUT2D eigenvalue weighted by atomic mass is 16.5. The van der Waals surface area contributed by atoms with Crippen molar-refractivity contribution in [1.29, 1.82) is 0 Å². The fraction of sp³-hybridized carbons (Fsp3) is 0.455. The summed E-state index contributed by atoms with van der Waals surface area (Å²) < 4.78 is 5.23. The van der Waals surface area contributed by atoms with Crippen molar-refractivity contribution in [2.45, 2.75) is 6.54 Å². The van der Waals surface area contributed by atoms with E-state index in [9.17, 15) is 0 Å². The summed E-state index contributed by atoms with van der Waals surface area (Å²) in [5.74, 6) is 1.73. The van der Waals surface area contributed by atoms with E-state index >= 15 is 0 Å². The van der Waals surface area contributed by atoms with Gasteiger partial charge in [0.15, 0.2) is 5.96 Å². The summed E-state index contributed by atoms with van der Waals surface area (Å²) in [7, 11) is 3.67. The second-order valence-electron chi connectivity index (χ2n) is 3.63. The lowest BCUT2D eigenvalue weighted by Crippen LogP contribution is -2.35. The Labute approximate surface area is 95.2 Å². The Hall–Kier alpha value is -1.78. The fourth-order valence-electron chi connectivity index (χ4n) is 1.63. The molecular formula is C11H16N4O. The van der Waals surface area contributed by atoms with Crippen molar-refractivity contribution in [2.24, 2.45) is 4.99 Å². The zero-order chi connectivity index (χ0) is 11.4. The minimum atomic E-state index is 0.632. The Morgan fingerprint density at radius 3 is 3.12 bits per heavy atom. The standard InChI is InChI=1S/C11H16N4O/c1-15-7-6-13-11(15)14-8-9-10(16-2)4-3-5-12-9/h3-5H,6-8H2,1-2H3,(H,13,14). The molecule has 2 rings (SSSR count). The number of pyridine rings is 1. The lowest BCUT2D eigenvalue weighted by molar-refractivity contribution is 0.405. The number of methoxy groups -OCH3 is 1. The molecular weight excluding hydrogens is 204 g/mol. The maximum absolute atomic E-state index is 5.23. The first-order valence-corrected chi connectivity index (χ1v) is 5.28. The summed E-state index contributed by atoms with van der Waals surface area (Å²) in [6, 6.07) is 3.77. The molecule has 0 radical (unpaired) electrons. The van der Waals surface area contributed by atoms with E-state index in [4.69, 9.17) is 4.74 Å². The van der Waals surface area contributed by atoms with Crippen LogP contribution in [0.3, 0.4) is 0 Å². The highest BCUT2D eigenvalue weighted by Crippen LogP contribution is 2.13. The topological polar surface area (TPSA) is 49.8 Å². The van der Waals surface area contributed by atoms with E-state index in [1.54, 1.807) is 13.3 Å². The van der Waals surface area contributed by atoms with E-state index in [0.29, 0.717) is 6.54 Å². The van der Waals surface area contributed by atoms with E-state index < -0.39 is 0 Å². The Kier molecular flexibility index (Phi) is 3.24. The van der Waals surface area contributed by atoms with Gasteiger partial charge in [0, 0.05) is 19.8 Å². The summed E-state index contributed by atoms with van der Waals surface area (Å²) in [4.78, 5) is 10.7. The van der Waals surface area contributed by atoms with Gasteiger partial charge in [-0.25, -0.2) is 0 Å². The van der Waals surface area contributed by atoms with Crippen molar-refractivity contribution in [1.82, 2.24) is 15.2 Å². The van der Waals surface area contributed by atoms with E-state index in [1.807, 2.05) is 19.2 Å². The molecule has 1 aliphatic heterocycles. The smallest absolute Gasteiger partial charge is 0.194 e. The summed E-state index contributed by atoms with van der Waals surface area (Å²) in [6.07, 6.45) is 1.76. The minimum absolute atomic E-state index is 0.632. The molecule has 16 heavy (non-hydrogen) atoms. The largest absolute Gasteiger partial charge is 0.495 e. The lowest BCUT2D eigenvalue weighted by atomic mass is 10.3. The van der Waals surface area contributed by atoms with Crippen LogP contribution in [-0.4, -0.2) is 43.1 Å². The fourth-order valence-corrected chi connectivity index (χ4v) is 1.63. The van der Waals surface area contributed by atoms with Gasteiger partial charge in [-0.3, -0.25) is 9.98 Å². The van der Waals surface area contributed by atoms with Crippen LogP contribution < -0.4 is 10.1 Å². The maximum Gasteiger partial charge on any atom is 0.194 e. The third kappa shape index (κ3) is 2.24. The molecule has 0 saturated heterocycles. The molecule has 0 unspecified atom stereocenters. The second-order valence-corrected chi connectivity index (χ2v) is 3.63. The summed E-state index contributed by atoms with van der Waals surface area (Å²) in [5.41, 5.74) is 0.896. The Morgan fingerprint density at radius 1 is 1.56 bits per heavy atom. The third-order valence-electron chi connectivity index (χ3n) is 2.54. The maximum atomic E-state index is 5.23. The molecule has 1 N–H and O–H groups in total. The molecule has 0 fully saturated rings. The molecule has 0 atom stereocenters. The molecule has 1 aliphatic rings. The normalized spacial score (nSPS) is 14.9. The predicted molar refractivity (Wildman–Crippen MR) is 62.6 cm³/mol. The number of rotatable bonds is 3. The monoisotopic (exact) mass is 220 g/mol. The number of hydrogen-bond donors (Lipinski definition) is 1. The number of nitrogens with one attached hydrogen (secondary N) is 1. The molecule has 1 aromatic rings. The molecule has 86 valence electrons. The van der Waals surface area contributed by atoms with Crippen LogP contribution in [0.4, 0.5) is 0 Å². The molecule has 0 aromatic carbocycles. The summed E-state index contributed by atoms with van der Waals surface area (Å²) in [5, 5.41) is 3.26. The highest BCUT2D eigenvalue weighted by Gasteiger charge is 2.12. The zero-order valence-corrected chi connectivity index (χ0v) is 9.60. The SMILES string of the molecule is COc1cccnc1CNC1=NCCN1C. The van der Waals surface area contributed by atoms with Crippen molar-refractivity contribution in [3.05, 3.63) is 24.0 Å². The first kappa shape index (κ1) is 10.7. The third-order valence-corrected chi connectivity index (χ3v) is 2.54. The van der Waals surface area contributed by atoms with Gasteiger partial charge in [-0.2, -0.15) is 0 Å². The first-order chi connectivity index (χ1) is 7.81. The van der Waals surface area contributed by atoms with Gasteiger partial charge >= 0.3 is 0 Å². The van der Waals surface area contributed by atoms with Gasteiger partial charge in [-0.15, -0.1) is 0 Å². The molecule has 0 amide bonds. The van der Waals surface area contributed by atoms with E-state index in [0.717, 1.165) is 30.5 Å². The summed E-state index contributed by atoms with van der Waals surface area (Å²) in [6.45, 7) is 2.47. The highest BCUT2D eigenvalue weighted by molar-refractivity contribution is 5.81. The molecule has 0 saturated carbocycles. The van der Waals surface area contributed by atoms with Crippen molar-refractivity contribution < 1.29 is 4.74 Å². The van der Waals surface area contributed by atoms with E-state index in [1.165, 1.54) is 0 Å². The molecule has 2 heterocycles. The van der Waals surface area contributed by atoms with Crippen LogP contribution in [0.5, 0.6) is 5.75 Å². The van der Waals surface area contributed by atoms with Crippen molar-refractivity contribution in [2.75, 3.05) is 27.2 Å². The van der Waals surface area contributed by atoms with Crippen LogP contribution in [0.15, 0.2) is 23.3 Å². The number of aromatic nitrogens is 1. The van der Waals surface area contributed by atoms with E-state index in [-0.39, 0.29) is 0 Å². The van der Waals surface area contributed by atoms with Gasteiger partial charge in [0.2, 0.25) is 0 Å². The van der Waals surface area contributed by atoms with Crippen LogP contribution >= 0.6 is 0 Å². The Bertz CT molecular complexity index is 391. The number of likely N-dealkylation sites (N-methyl/N-ethyl adjacent to an activating group) is 1. The number of guanidine groups is 1. The zero-order valence-electron chi connectivity index (χ0n) is 9.60. The molecule has 0 bridgehead atoms. The number of hydrogen-bond acceptors (Lipinski definition) is 5. The molecule has 5 heteroatoms. The molecule has 0 spiro atoms. The molecule has 0 aliphatic carbocycles. The van der Waals surface area contributed by atoms with Gasteiger partial charge in [0.1, 0.15) is 11.4 Å². The molecule has 1 aromatic heterocycles. The van der Waals surface area contributed by atoms with Crippen LogP contribution in [-0.2, 0) is 6.54 Å². The van der Waals surface area contributed by atoms with Crippen LogP contribution in [0, 0.1) is 0 Å². The van der Waals surface area contributed by atoms with Crippen LogP contribution in [0.2, 0.25) is 0 Å². The number of nitrogens with zero attached hydrogens (tertiary/aromatic N) is 3. The quantitative estimate of drug-likeness (QED) is 0.805. The second kappa shape index (κ2) is 4.83. The number of aliphatic imine (C=N–C) groups is 1. The Balaban J connectivity index is 1.99. The van der Waals surface area contributed by atoms with Crippen LogP contribution in [0.1, 0.15) is 5.69 Å². The predicted octanol–water partition coefficient (Wildman–Crippen LogP) is 0.481. The van der Waals surface area contributed by atoms with Crippen LogP contribution in [0.25, 0.3) is 0 Å². The average molecular weight is 220 g/mol. The van der Waals surface area contributed by atoms with Crippen molar-refractivity contribution >= 4 is 5.96 Å². The van der Waals surface area contributed by atoms with Gasteiger partial charge in [-0.05, 0) is 12.1 Å². The number of ether oxygens (including phenoxy) is 1. The minimum Gasteiger partial charge on any atom is -0.495 e. The Morgan fingerprint density at radius 2 is 2.44 bits per heavy atom. The van der Waals surface area contributed by atoms with Crippen molar-refractivity contribution in [3.8, 4) is 5.75 Å². The first-order valence-electron chi connectivity index (χ1n) is 5.28. The van der Waals surface area contributed by atoms with Crippen molar-refractivity contribution in [3.63, 3.8) is 0 Å². The van der Waals surface area contributed by atoms with Gasteiger partial charge < -0.3 is 15.0 Å². The van der Waals surface area contributed by atoms with Gasteiger partial charge in [-0.1, -0.05) is 0 Å². The molecule has 5 nitrogen and oxygen atoms in total. The van der Waals surface area contributed by atoms with E-state index in [2.05, 4.69) is 20.2 Å².